The van der Waals surface area contributed by atoms with Gasteiger partial charge >= 0.3 is 0 Å². The van der Waals surface area contributed by atoms with Crippen molar-refractivity contribution in [2.75, 3.05) is 34.0 Å². The summed E-state index contributed by atoms with van der Waals surface area (Å²) >= 11 is 0. The number of fused-ring (bicyclic) bond motifs is 3. The van der Waals surface area contributed by atoms with Crippen molar-refractivity contribution in [3.8, 4) is 39.6 Å². The zero-order valence-corrected chi connectivity index (χ0v) is 24.4. The van der Waals surface area contributed by atoms with Crippen molar-refractivity contribution in [2.24, 2.45) is 5.73 Å². The minimum absolute atomic E-state index is 0.206. The Balaban J connectivity index is 1.60. The lowest BCUT2D eigenvalue weighted by molar-refractivity contribution is -0.0373. The van der Waals surface area contributed by atoms with Crippen LogP contribution in [0.15, 0.2) is 48.8 Å². The molecule has 0 unspecified atom stereocenters. The maximum Gasteiger partial charge on any atom is 0.275 e. The summed E-state index contributed by atoms with van der Waals surface area (Å²) in [5.41, 5.74) is 10.5. The number of methoxy groups -OCH3 is 2. The number of amides is 2. The first-order valence-corrected chi connectivity index (χ1v) is 13.9. The number of hydrogen-bond donors (Lipinski definition) is 1. The molecule has 1 aliphatic heterocycles. The molecule has 1 fully saturated rings. The molecule has 11 heteroatoms. The van der Waals surface area contributed by atoms with Crippen LogP contribution >= 0.6 is 0 Å². The van der Waals surface area contributed by atoms with Gasteiger partial charge in [-0.15, -0.1) is 0 Å². The minimum Gasteiger partial charge on any atom is -0.497 e. The van der Waals surface area contributed by atoms with E-state index in [0.29, 0.717) is 72.3 Å². The fraction of sp³-hybridized carbons (Fsp3) is 0.312. The highest BCUT2D eigenvalue weighted by atomic mass is 19.1. The van der Waals surface area contributed by atoms with Gasteiger partial charge in [0.25, 0.3) is 5.91 Å². The van der Waals surface area contributed by atoms with Gasteiger partial charge in [0.15, 0.2) is 5.69 Å². The maximum atomic E-state index is 14.8. The normalized spacial score (nSPS) is 15.4. The second-order valence-corrected chi connectivity index (χ2v) is 11.3. The first kappa shape index (κ1) is 28.4. The van der Waals surface area contributed by atoms with E-state index in [0.717, 1.165) is 16.7 Å². The van der Waals surface area contributed by atoms with Gasteiger partial charge in [-0.3, -0.25) is 14.6 Å². The van der Waals surface area contributed by atoms with E-state index < -0.39 is 17.3 Å². The van der Waals surface area contributed by atoms with Crippen LogP contribution < -0.4 is 15.2 Å². The summed E-state index contributed by atoms with van der Waals surface area (Å²) in [5, 5.41) is 4.86. The number of hydrogen-bond acceptors (Lipinski definition) is 7. The number of nitrogens with two attached hydrogens (primary N) is 1. The van der Waals surface area contributed by atoms with E-state index in [-0.39, 0.29) is 11.5 Å². The van der Waals surface area contributed by atoms with Gasteiger partial charge in [-0.2, -0.15) is 5.10 Å². The predicted octanol–water partition coefficient (Wildman–Crippen LogP) is 4.21. The fourth-order valence-electron chi connectivity index (χ4n) is 5.90. The van der Waals surface area contributed by atoms with Crippen LogP contribution in [-0.2, 0) is 17.6 Å². The summed E-state index contributed by atoms with van der Waals surface area (Å²) in [6.07, 6.45) is 4.21. The van der Waals surface area contributed by atoms with E-state index in [4.69, 9.17) is 25.0 Å². The number of halogens is 1. The number of carbonyl (C=O) groups is 2. The predicted molar refractivity (Wildman–Crippen MR) is 157 cm³/mol. The molecule has 2 N–H and O–H groups in total. The van der Waals surface area contributed by atoms with Gasteiger partial charge < -0.3 is 24.8 Å². The van der Waals surface area contributed by atoms with Crippen LogP contribution in [0.1, 0.15) is 45.8 Å². The molecule has 2 aromatic heterocycles. The first-order valence-electron chi connectivity index (χ1n) is 13.9. The van der Waals surface area contributed by atoms with Crippen LogP contribution in [0.25, 0.3) is 28.1 Å². The first-order chi connectivity index (χ1) is 20.6. The number of ether oxygens (including phenoxy) is 3. The van der Waals surface area contributed by atoms with Gasteiger partial charge in [0.2, 0.25) is 5.91 Å². The number of benzene rings is 2. The van der Waals surface area contributed by atoms with Crippen molar-refractivity contribution >= 4 is 11.8 Å². The Morgan fingerprint density at radius 2 is 1.84 bits per heavy atom. The molecule has 222 valence electrons. The van der Waals surface area contributed by atoms with Gasteiger partial charge in [0.1, 0.15) is 17.3 Å². The molecule has 0 radical (unpaired) electrons. The number of pyridine rings is 1. The van der Waals surface area contributed by atoms with Crippen LogP contribution in [0.4, 0.5) is 4.39 Å². The van der Waals surface area contributed by atoms with Crippen molar-refractivity contribution in [2.45, 2.75) is 32.2 Å². The summed E-state index contributed by atoms with van der Waals surface area (Å²) in [7, 11) is 3.05. The minimum atomic E-state index is -0.596. The highest BCUT2D eigenvalue weighted by Gasteiger charge is 2.39. The lowest BCUT2D eigenvalue weighted by Crippen LogP contribution is -2.55. The molecule has 1 aliphatic carbocycles. The van der Waals surface area contributed by atoms with Gasteiger partial charge in [-0.05, 0) is 56.5 Å². The van der Waals surface area contributed by atoms with E-state index in [2.05, 4.69) is 4.98 Å². The van der Waals surface area contributed by atoms with Gasteiger partial charge in [0, 0.05) is 53.3 Å². The molecule has 10 nitrogen and oxygen atoms in total. The number of aromatic nitrogens is 3. The second-order valence-electron chi connectivity index (χ2n) is 11.3. The monoisotopic (exact) mass is 585 g/mol. The van der Waals surface area contributed by atoms with Crippen molar-refractivity contribution in [1.29, 1.82) is 0 Å². The number of rotatable bonds is 6. The van der Waals surface area contributed by atoms with E-state index in [1.165, 1.54) is 25.4 Å². The average molecular weight is 586 g/mol. The molecule has 0 spiro atoms. The Labute approximate surface area is 248 Å². The van der Waals surface area contributed by atoms with Crippen LogP contribution in [-0.4, -0.2) is 71.0 Å². The van der Waals surface area contributed by atoms with Crippen LogP contribution in [0.3, 0.4) is 0 Å². The zero-order chi connectivity index (χ0) is 30.5. The Kier molecular flexibility index (Phi) is 7.13. The Bertz CT molecular complexity index is 1770. The third-order valence-corrected chi connectivity index (χ3v) is 8.07. The number of carbonyl (C=O) groups excluding carboxylic acids is 2. The van der Waals surface area contributed by atoms with E-state index in [9.17, 15) is 14.0 Å². The van der Waals surface area contributed by atoms with E-state index in [1.54, 1.807) is 35.0 Å². The van der Waals surface area contributed by atoms with Crippen LogP contribution in [0.5, 0.6) is 11.5 Å². The standard InChI is InChI=1S/C32H32FN5O5/c1-32(2)17-43-8-7-37(32)31(40)28-24-6-5-18-10-27(42-4)25(19-9-20(30(34)39)16-35-15-19)14-26(18)29(24)38(36-28)22-11-21(33)12-23(13-22)41-3/h9-16H,5-8,17H2,1-4H3,(H2,34,39). The average Bonchev–Trinajstić information content (AvgIpc) is 3.40. The third kappa shape index (κ3) is 4.99. The summed E-state index contributed by atoms with van der Waals surface area (Å²) in [4.78, 5) is 32.1. The molecule has 0 atom stereocenters. The number of primary amides is 1. The van der Waals surface area contributed by atoms with E-state index >= 15 is 0 Å². The molecule has 0 saturated carbocycles. The molecule has 1 saturated heterocycles. The SMILES string of the molecule is COc1cc(F)cc(-n2nc(C(=O)N3CCOCC3(C)C)c3c2-c2cc(-c4cncc(C(N)=O)c4)c(OC)cc2CC3)c1. The molecular formula is C32H32FN5O5. The highest BCUT2D eigenvalue weighted by molar-refractivity contribution is 5.98. The summed E-state index contributed by atoms with van der Waals surface area (Å²) in [5.74, 6) is -0.387. The fourth-order valence-corrected chi connectivity index (χ4v) is 5.90. The topological polar surface area (TPSA) is 122 Å². The van der Waals surface area contributed by atoms with Crippen molar-refractivity contribution < 1.29 is 28.2 Å². The maximum absolute atomic E-state index is 14.8. The molecule has 43 heavy (non-hydrogen) atoms. The van der Waals surface area contributed by atoms with Crippen molar-refractivity contribution in [3.05, 3.63) is 77.0 Å². The lowest BCUT2D eigenvalue weighted by Gasteiger charge is -2.41. The summed E-state index contributed by atoms with van der Waals surface area (Å²) in [6, 6.07) is 9.88. The summed E-state index contributed by atoms with van der Waals surface area (Å²) in [6.45, 7) is 5.21. The van der Waals surface area contributed by atoms with E-state index in [1.807, 2.05) is 26.0 Å². The molecular weight excluding hydrogens is 553 g/mol. The highest BCUT2D eigenvalue weighted by Crippen LogP contribution is 2.43. The number of nitrogens with zero attached hydrogens (tertiary/aromatic N) is 4. The molecule has 6 rings (SSSR count). The molecule has 3 heterocycles. The van der Waals surface area contributed by atoms with Crippen molar-refractivity contribution in [3.63, 3.8) is 0 Å². The van der Waals surface area contributed by atoms with Crippen LogP contribution in [0, 0.1) is 5.82 Å². The van der Waals surface area contributed by atoms with Gasteiger partial charge in [0.05, 0.1) is 49.9 Å². The van der Waals surface area contributed by atoms with Crippen LogP contribution in [0.2, 0.25) is 0 Å². The largest absolute Gasteiger partial charge is 0.497 e. The summed E-state index contributed by atoms with van der Waals surface area (Å²) < 4.78 is 33.2. The number of morpholine rings is 1. The molecule has 2 aliphatic rings. The van der Waals surface area contributed by atoms with Gasteiger partial charge in [-0.1, -0.05) is 0 Å². The number of aryl methyl sites for hydroxylation is 1. The van der Waals surface area contributed by atoms with Crippen molar-refractivity contribution in [1.82, 2.24) is 19.7 Å². The molecule has 2 amide bonds. The Morgan fingerprint density at radius 3 is 2.56 bits per heavy atom. The molecule has 4 aromatic rings. The zero-order valence-electron chi connectivity index (χ0n) is 24.4. The second kappa shape index (κ2) is 10.8. The quantitative estimate of drug-likeness (QED) is 0.360. The molecule has 2 aromatic carbocycles. The molecule has 0 bridgehead atoms. The van der Waals surface area contributed by atoms with Gasteiger partial charge in [-0.25, -0.2) is 9.07 Å². The Morgan fingerprint density at radius 1 is 1.02 bits per heavy atom. The lowest BCUT2D eigenvalue weighted by atomic mass is 9.86. The smallest absolute Gasteiger partial charge is 0.275 e. The third-order valence-electron chi connectivity index (χ3n) is 8.07. The Hall–Kier alpha value is -4.77.